The van der Waals surface area contributed by atoms with Gasteiger partial charge in [0.15, 0.2) is 0 Å². The summed E-state index contributed by atoms with van der Waals surface area (Å²) in [5.41, 5.74) is 0.213. The van der Waals surface area contributed by atoms with Crippen LogP contribution >= 0.6 is 0 Å². The van der Waals surface area contributed by atoms with Gasteiger partial charge in [-0.25, -0.2) is 0 Å². The van der Waals surface area contributed by atoms with Gasteiger partial charge in [-0.3, -0.25) is 4.98 Å². The Morgan fingerprint density at radius 1 is 1.09 bits per heavy atom. The van der Waals surface area contributed by atoms with Crippen molar-refractivity contribution in [1.29, 1.82) is 0 Å². The number of halogens is 3. The van der Waals surface area contributed by atoms with Crippen LogP contribution in [-0.4, -0.2) is 43.1 Å². The Morgan fingerprint density at radius 2 is 1.70 bits per heavy atom. The minimum atomic E-state index is -4.37. The molecule has 0 unspecified atom stereocenters. The summed E-state index contributed by atoms with van der Waals surface area (Å²) in [6.07, 6.45) is 0.205. The lowest BCUT2D eigenvalue weighted by atomic mass is 9.77. The fourth-order valence-corrected chi connectivity index (χ4v) is 3.58. The number of nitrogens with zero attached hydrogens (tertiary/aromatic N) is 3. The molecular weight excluding hydrogens is 303 g/mol. The van der Waals surface area contributed by atoms with E-state index in [-0.39, 0.29) is 0 Å². The molecule has 6 heteroatoms. The second-order valence-electron chi connectivity index (χ2n) is 6.37. The molecule has 130 valence electrons. The number of likely N-dealkylation sites (tertiary alicyclic amines) is 1. The molecule has 0 amide bonds. The van der Waals surface area contributed by atoms with Gasteiger partial charge in [0, 0.05) is 31.5 Å². The monoisotopic (exact) mass is 329 g/mol. The first-order chi connectivity index (χ1) is 10.9. The van der Waals surface area contributed by atoms with Crippen molar-refractivity contribution >= 4 is 5.69 Å². The number of pyridine rings is 1. The third-order valence-electron chi connectivity index (χ3n) is 4.85. The molecule has 1 aromatic rings. The van der Waals surface area contributed by atoms with E-state index >= 15 is 0 Å². The molecule has 3 nitrogen and oxygen atoms in total. The number of hydrogen-bond donors (Lipinski definition) is 0. The second-order valence-corrected chi connectivity index (χ2v) is 6.37. The summed E-state index contributed by atoms with van der Waals surface area (Å²) >= 11 is 0. The van der Waals surface area contributed by atoms with Crippen LogP contribution in [0.1, 0.15) is 38.8 Å². The third-order valence-corrected chi connectivity index (χ3v) is 4.85. The molecule has 0 atom stereocenters. The third kappa shape index (κ3) is 4.16. The van der Waals surface area contributed by atoms with Gasteiger partial charge in [0.2, 0.25) is 0 Å². The van der Waals surface area contributed by atoms with Crippen molar-refractivity contribution in [2.24, 2.45) is 5.41 Å². The van der Waals surface area contributed by atoms with Gasteiger partial charge in [-0.15, -0.1) is 0 Å². The predicted molar refractivity (Wildman–Crippen MR) is 86.6 cm³/mol. The highest BCUT2D eigenvalue weighted by Crippen LogP contribution is 2.41. The van der Waals surface area contributed by atoms with Crippen molar-refractivity contribution < 1.29 is 13.2 Å². The van der Waals surface area contributed by atoms with E-state index in [0.717, 1.165) is 39.0 Å². The number of aromatic nitrogens is 1. The minimum absolute atomic E-state index is 0.380. The van der Waals surface area contributed by atoms with Gasteiger partial charge >= 0.3 is 6.18 Å². The molecule has 0 bridgehead atoms. The SMILES string of the molecule is CC.CN1CCC2(CCN(c3ccnc(C(F)(F)F)c3)CC2)C1. The minimum Gasteiger partial charge on any atom is -0.371 e. The number of alkyl halides is 3. The van der Waals surface area contributed by atoms with Crippen LogP contribution in [-0.2, 0) is 6.18 Å². The molecule has 1 spiro atoms. The zero-order valence-corrected chi connectivity index (χ0v) is 14.2. The molecule has 3 rings (SSSR count). The van der Waals surface area contributed by atoms with Gasteiger partial charge in [-0.1, -0.05) is 13.8 Å². The van der Waals surface area contributed by atoms with Crippen LogP contribution < -0.4 is 4.90 Å². The van der Waals surface area contributed by atoms with E-state index in [9.17, 15) is 13.2 Å². The maximum atomic E-state index is 12.7. The van der Waals surface area contributed by atoms with E-state index < -0.39 is 11.9 Å². The van der Waals surface area contributed by atoms with Crippen molar-refractivity contribution in [3.8, 4) is 0 Å². The topological polar surface area (TPSA) is 19.4 Å². The Morgan fingerprint density at radius 3 is 2.22 bits per heavy atom. The van der Waals surface area contributed by atoms with Gasteiger partial charge < -0.3 is 9.80 Å². The maximum absolute atomic E-state index is 12.7. The van der Waals surface area contributed by atoms with Crippen LogP contribution in [0.4, 0.5) is 18.9 Å². The van der Waals surface area contributed by atoms with Gasteiger partial charge in [0.25, 0.3) is 0 Å². The Hall–Kier alpha value is -1.30. The van der Waals surface area contributed by atoms with E-state index in [4.69, 9.17) is 0 Å². The van der Waals surface area contributed by atoms with E-state index in [1.54, 1.807) is 6.07 Å². The summed E-state index contributed by atoms with van der Waals surface area (Å²) in [6, 6.07) is 2.84. The standard InChI is InChI=1S/C15H20F3N3.C2H6/c1-20-7-3-14(11-20)4-8-21(9-5-14)12-2-6-19-13(10-12)15(16,17)18;1-2/h2,6,10H,3-5,7-9,11H2,1H3;1-2H3. The summed E-state index contributed by atoms with van der Waals surface area (Å²) < 4.78 is 38.2. The molecule has 2 aliphatic heterocycles. The maximum Gasteiger partial charge on any atom is 0.433 e. The first kappa shape index (κ1) is 18.0. The van der Waals surface area contributed by atoms with Gasteiger partial charge in [-0.05, 0) is 50.4 Å². The Bertz CT molecular complexity index is 508. The van der Waals surface area contributed by atoms with Gasteiger partial charge in [-0.2, -0.15) is 13.2 Å². The zero-order valence-electron chi connectivity index (χ0n) is 14.2. The summed E-state index contributed by atoms with van der Waals surface area (Å²) in [7, 11) is 2.14. The van der Waals surface area contributed by atoms with E-state index in [1.807, 2.05) is 13.8 Å². The molecule has 0 N–H and O–H groups in total. The average molecular weight is 329 g/mol. The highest BCUT2D eigenvalue weighted by Gasteiger charge is 2.39. The Kier molecular flexibility index (Phi) is 5.55. The Balaban J connectivity index is 0.000000924. The first-order valence-corrected chi connectivity index (χ1v) is 8.35. The zero-order chi connectivity index (χ0) is 17.1. The fraction of sp³-hybridized carbons (Fsp3) is 0.706. The molecule has 1 aromatic heterocycles. The molecule has 0 aliphatic carbocycles. The quantitative estimate of drug-likeness (QED) is 0.775. The van der Waals surface area contributed by atoms with Crippen LogP contribution in [0.15, 0.2) is 18.3 Å². The summed E-state index contributed by atoms with van der Waals surface area (Å²) in [6.45, 7) is 7.91. The number of rotatable bonds is 1. The molecule has 0 radical (unpaired) electrons. The molecule has 0 saturated carbocycles. The molecule has 23 heavy (non-hydrogen) atoms. The van der Waals surface area contributed by atoms with Gasteiger partial charge in [0.1, 0.15) is 5.69 Å². The first-order valence-electron chi connectivity index (χ1n) is 8.35. The molecule has 3 heterocycles. The lowest BCUT2D eigenvalue weighted by molar-refractivity contribution is -0.141. The smallest absolute Gasteiger partial charge is 0.371 e. The summed E-state index contributed by atoms with van der Waals surface area (Å²) in [4.78, 5) is 7.84. The molecule has 0 aromatic carbocycles. The highest BCUT2D eigenvalue weighted by molar-refractivity contribution is 5.47. The molecular formula is C17H26F3N3. The second kappa shape index (κ2) is 7.07. The van der Waals surface area contributed by atoms with Crippen molar-refractivity contribution in [2.75, 3.05) is 38.1 Å². The number of hydrogen-bond acceptors (Lipinski definition) is 3. The van der Waals surface area contributed by atoms with Crippen LogP contribution in [0.25, 0.3) is 0 Å². The lowest BCUT2D eigenvalue weighted by Gasteiger charge is -2.40. The summed E-state index contributed by atoms with van der Waals surface area (Å²) in [5.74, 6) is 0. The number of anilines is 1. The number of piperidine rings is 1. The van der Waals surface area contributed by atoms with Crippen LogP contribution in [0.5, 0.6) is 0 Å². The average Bonchev–Trinajstić information content (AvgIpc) is 2.90. The van der Waals surface area contributed by atoms with E-state index in [1.165, 1.54) is 18.7 Å². The Labute approximate surface area is 136 Å². The van der Waals surface area contributed by atoms with Crippen LogP contribution in [0, 0.1) is 5.41 Å². The fourth-order valence-electron chi connectivity index (χ4n) is 3.58. The molecule has 2 aliphatic rings. The molecule has 2 saturated heterocycles. The van der Waals surface area contributed by atoms with Crippen molar-refractivity contribution in [1.82, 2.24) is 9.88 Å². The normalized spacial score (nSPS) is 21.2. The lowest BCUT2D eigenvalue weighted by Crippen LogP contribution is -2.41. The van der Waals surface area contributed by atoms with E-state index in [2.05, 4.69) is 21.8 Å². The highest BCUT2D eigenvalue weighted by atomic mass is 19.4. The predicted octanol–water partition coefficient (Wildman–Crippen LogP) is 4.05. The molecule has 2 fully saturated rings. The summed E-state index contributed by atoms with van der Waals surface area (Å²) in [5, 5.41) is 0. The van der Waals surface area contributed by atoms with Crippen molar-refractivity contribution in [3.63, 3.8) is 0 Å². The van der Waals surface area contributed by atoms with Gasteiger partial charge in [0.05, 0.1) is 0 Å². The van der Waals surface area contributed by atoms with Crippen LogP contribution in [0.3, 0.4) is 0 Å². The van der Waals surface area contributed by atoms with Crippen molar-refractivity contribution in [3.05, 3.63) is 24.0 Å². The van der Waals surface area contributed by atoms with Crippen LogP contribution in [0.2, 0.25) is 0 Å². The van der Waals surface area contributed by atoms with E-state index in [0.29, 0.717) is 11.1 Å². The van der Waals surface area contributed by atoms with Crippen molar-refractivity contribution in [2.45, 2.75) is 39.3 Å². The largest absolute Gasteiger partial charge is 0.433 e.